The van der Waals surface area contributed by atoms with Crippen LogP contribution in [0.25, 0.3) is 0 Å². The van der Waals surface area contributed by atoms with Crippen molar-refractivity contribution in [2.75, 3.05) is 0 Å². The van der Waals surface area contributed by atoms with Gasteiger partial charge in [0.2, 0.25) is 0 Å². The van der Waals surface area contributed by atoms with Gasteiger partial charge in [-0.3, -0.25) is 0 Å². The van der Waals surface area contributed by atoms with Crippen LogP contribution in [-0.4, -0.2) is 9.97 Å². The van der Waals surface area contributed by atoms with Crippen molar-refractivity contribution in [2.24, 2.45) is 0 Å². The van der Waals surface area contributed by atoms with Gasteiger partial charge in [-0.2, -0.15) is 0 Å². The van der Waals surface area contributed by atoms with Gasteiger partial charge in [-0.25, -0.2) is 9.97 Å². The molecule has 1 aromatic heterocycles. The van der Waals surface area contributed by atoms with E-state index in [1.807, 2.05) is 0 Å². The van der Waals surface area contributed by atoms with E-state index in [1.54, 1.807) is 12.4 Å². The van der Waals surface area contributed by atoms with Crippen LogP contribution in [0.5, 0.6) is 0 Å². The molecule has 0 bridgehead atoms. The summed E-state index contributed by atoms with van der Waals surface area (Å²) in [5.41, 5.74) is 1.07. The quantitative estimate of drug-likeness (QED) is 0.552. The van der Waals surface area contributed by atoms with Crippen molar-refractivity contribution in [1.82, 2.24) is 9.97 Å². The summed E-state index contributed by atoms with van der Waals surface area (Å²) in [6, 6.07) is 0. The maximum Gasteiger partial charge on any atom is 0.115 e. The van der Waals surface area contributed by atoms with Crippen LogP contribution < -0.4 is 0 Å². The van der Waals surface area contributed by atoms with Crippen molar-refractivity contribution in [3.8, 4) is 12.3 Å². The lowest BCUT2D eigenvalue weighted by Gasteiger charge is -2.04. The molecule has 1 aliphatic carbocycles. The average Bonchev–Trinajstić information content (AvgIpc) is 2.86. The van der Waals surface area contributed by atoms with Crippen LogP contribution in [0, 0.1) is 12.3 Å². The van der Waals surface area contributed by atoms with E-state index >= 15 is 0 Å². The molecule has 0 spiro atoms. The van der Waals surface area contributed by atoms with Crippen LogP contribution in [-0.2, 0) is 5.41 Å². The van der Waals surface area contributed by atoms with Gasteiger partial charge in [0, 0.05) is 18.0 Å². The highest BCUT2D eigenvalue weighted by Crippen LogP contribution is 2.46. The van der Waals surface area contributed by atoms with E-state index in [9.17, 15) is 0 Å². The van der Waals surface area contributed by atoms with Crippen molar-refractivity contribution in [3.05, 3.63) is 24.3 Å². The number of aromatic nitrogens is 2. The van der Waals surface area contributed by atoms with E-state index in [-0.39, 0.29) is 5.41 Å². The van der Waals surface area contributed by atoms with Gasteiger partial charge in [0.15, 0.2) is 0 Å². The molecule has 1 aliphatic rings. The van der Waals surface area contributed by atoms with Crippen molar-refractivity contribution < 1.29 is 0 Å². The molecule has 0 aromatic carbocycles. The summed E-state index contributed by atoms with van der Waals surface area (Å²) in [5.74, 6) is 2.79. The second-order valence-corrected chi connectivity index (χ2v) is 2.85. The molecule has 0 atom stereocenters. The Balaban J connectivity index is 2.39. The molecule has 1 aromatic rings. The second-order valence-electron chi connectivity index (χ2n) is 2.85. The van der Waals surface area contributed by atoms with E-state index in [4.69, 9.17) is 6.42 Å². The highest BCUT2D eigenvalue weighted by molar-refractivity contribution is 5.37. The number of terminal acetylenes is 1. The van der Waals surface area contributed by atoms with Crippen LogP contribution in [0.15, 0.2) is 18.7 Å². The van der Waals surface area contributed by atoms with Gasteiger partial charge in [-0.15, -0.1) is 6.42 Å². The van der Waals surface area contributed by atoms with Crippen LogP contribution in [0.3, 0.4) is 0 Å². The van der Waals surface area contributed by atoms with E-state index in [0.29, 0.717) is 0 Å². The summed E-state index contributed by atoms with van der Waals surface area (Å²) in [6.45, 7) is 0. The lowest BCUT2D eigenvalue weighted by molar-refractivity contribution is 0.897. The molecule has 2 heteroatoms. The number of hydrogen-bond donors (Lipinski definition) is 0. The average molecular weight is 144 g/mol. The first-order valence-corrected chi connectivity index (χ1v) is 3.61. The Bertz CT molecular complexity index is 293. The third-order valence-corrected chi connectivity index (χ3v) is 2.14. The molecule has 0 radical (unpaired) electrons. The summed E-state index contributed by atoms with van der Waals surface area (Å²) in [5, 5.41) is 0. The Kier molecular flexibility index (Phi) is 1.19. The first-order valence-electron chi connectivity index (χ1n) is 3.61. The summed E-state index contributed by atoms with van der Waals surface area (Å²) in [4.78, 5) is 7.86. The van der Waals surface area contributed by atoms with E-state index in [1.165, 1.54) is 6.33 Å². The maximum absolute atomic E-state index is 5.40. The Hall–Kier alpha value is -1.36. The molecule has 1 heterocycles. The largest absolute Gasteiger partial charge is 0.244 e. The molecule has 1 saturated carbocycles. The van der Waals surface area contributed by atoms with E-state index in [0.717, 1.165) is 18.4 Å². The number of rotatable bonds is 1. The summed E-state index contributed by atoms with van der Waals surface area (Å²) in [6.07, 6.45) is 12.7. The molecule has 2 rings (SSSR count). The molecule has 0 saturated heterocycles. The lowest BCUT2D eigenvalue weighted by Crippen LogP contribution is -2.02. The van der Waals surface area contributed by atoms with Crippen LogP contribution >= 0.6 is 0 Å². The Morgan fingerprint density at radius 1 is 1.36 bits per heavy atom. The molecule has 0 N–H and O–H groups in total. The third-order valence-electron chi connectivity index (χ3n) is 2.14. The van der Waals surface area contributed by atoms with Crippen LogP contribution in [0.2, 0.25) is 0 Å². The predicted molar refractivity (Wildman–Crippen MR) is 41.8 cm³/mol. The first-order chi connectivity index (χ1) is 5.37. The van der Waals surface area contributed by atoms with Gasteiger partial charge in [-0.05, 0) is 12.8 Å². The highest BCUT2D eigenvalue weighted by Gasteiger charge is 2.42. The SMILES string of the molecule is C#CC1(c2cncnc2)CC1. The first kappa shape index (κ1) is 6.36. The van der Waals surface area contributed by atoms with E-state index < -0.39 is 0 Å². The topological polar surface area (TPSA) is 25.8 Å². The number of hydrogen-bond acceptors (Lipinski definition) is 2. The Morgan fingerprint density at radius 2 is 2.00 bits per heavy atom. The van der Waals surface area contributed by atoms with Gasteiger partial charge in [-0.1, -0.05) is 5.92 Å². The summed E-state index contributed by atoms with van der Waals surface area (Å²) < 4.78 is 0. The van der Waals surface area contributed by atoms with Crippen LogP contribution in [0.4, 0.5) is 0 Å². The fourth-order valence-corrected chi connectivity index (χ4v) is 1.19. The van der Waals surface area contributed by atoms with Crippen LogP contribution in [0.1, 0.15) is 18.4 Å². The minimum atomic E-state index is -0.0126. The predicted octanol–water partition coefficient (Wildman–Crippen LogP) is 1.14. The van der Waals surface area contributed by atoms with Gasteiger partial charge in [0.05, 0.1) is 5.41 Å². The van der Waals surface area contributed by atoms with Gasteiger partial charge in [0.25, 0.3) is 0 Å². The zero-order chi connectivity index (χ0) is 7.73. The van der Waals surface area contributed by atoms with Gasteiger partial charge >= 0.3 is 0 Å². The molecule has 0 aliphatic heterocycles. The summed E-state index contributed by atoms with van der Waals surface area (Å²) in [7, 11) is 0. The second kappa shape index (κ2) is 2.06. The Morgan fingerprint density at radius 3 is 2.45 bits per heavy atom. The summed E-state index contributed by atoms with van der Waals surface area (Å²) >= 11 is 0. The third kappa shape index (κ3) is 0.894. The minimum Gasteiger partial charge on any atom is -0.244 e. The van der Waals surface area contributed by atoms with Crippen molar-refractivity contribution in [3.63, 3.8) is 0 Å². The van der Waals surface area contributed by atoms with Gasteiger partial charge in [0.1, 0.15) is 6.33 Å². The lowest BCUT2D eigenvalue weighted by atomic mass is 10.0. The molecular weight excluding hydrogens is 136 g/mol. The fraction of sp³-hybridized carbons (Fsp3) is 0.333. The zero-order valence-electron chi connectivity index (χ0n) is 6.12. The van der Waals surface area contributed by atoms with Crippen molar-refractivity contribution >= 4 is 0 Å². The zero-order valence-corrected chi connectivity index (χ0v) is 6.12. The Labute approximate surface area is 65.7 Å². The molecular formula is C9H8N2. The standard InChI is InChI=1S/C9H8N2/c1-2-9(3-4-9)8-5-10-7-11-6-8/h1,5-7H,3-4H2. The smallest absolute Gasteiger partial charge is 0.115 e. The van der Waals surface area contributed by atoms with Gasteiger partial charge < -0.3 is 0 Å². The molecule has 2 nitrogen and oxygen atoms in total. The van der Waals surface area contributed by atoms with E-state index in [2.05, 4.69) is 15.9 Å². The van der Waals surface area contributed by atoms with Crippen molar-refractivity contribution in [2.45, 2.75) is 18.3 Å². The monoisotopic (exact) mass is 144 g/mol. The maximum atomic E-state index is 5.40. The minimum absolute atomic E-state index is 0.0126. The molecule has 54 valence electrons. The normalized spacial score (nSPS) is 18.8. The fourth-order valence-electron chi connectivity index (χ4n) is 1.19. The molecule has 0 amide bonds. The highest BCUT2D eigenvalue weighted by atomic mass is 14.8. The van der Waals surface area contributed by atoms with Crippen molar-refractivity contribution in [1.29, 1.82) is 0 Å². The molecule has 1 fully saturated rings. The number of nitrogens with zero attached hydrogens (tertiary/aromatic N) is 2. The molecule has 11 heavy (non-hydrogen) atoms. The molecule has 0 unspecified atom stereocenters.